The van der Waals surface area contributed by atoms with Gasteiger partial charge in [-0.3, -0.25) is 14.4 Å². The summed E-state index contributed by atoms with van der Waals surface area (Å²) in [6.07, 6.45) is 0.374. The quantitative estimate of drug-likeness (QED) is 0.507. The lowest BCUT2D eigenvalue weighted by atomic mass is 10.1. The third-order valence-electron chi connectivity index (χ3n) is 7.05. The average molecular weight is 511 g/mol. The van der Waals surface area contributed by atoms with Crippen LogP contribution in [0.25, 0.3) is 0 Å². The highest BCUT2D eigenvalue weighted by molar-refractivity contribution is 6.74. The lowest BCUT2D eigenvalue weighted by molar-refractivity contribution is -0.133. The summed E-state index contributed by atoms with van der Waals surface area (Å²) in [5.41, 5.74) is 2.74. The molecule has 0 spiro atoms. The summed E-state index contributed by atoms with van der Waals surface area (Å²) in [5, 5.41) is 2.90. The predicted molar refractivity (Wildman–Crippen MR) is 143 cm³/mol. The fourth-order valence-electron chi connectivity index (χ4n) is 3.60. The second-order valence-corrected chi connectivity index (χ2v) is 15.5. The van der Waals surface area contributed by atoms with E-state index >= 15 is 0 Å². The Balaban J connectivity index is 1.45. The van der Waals surface area contributed by atoms with Crippen molar-refractivity contribution in [3.05, 3.63) is 65.2 Å². The molecule has 0 aromatic heterocycles. The van der Waals surface area contributed by atoms with Gasteiger partial charge in [0.2, 0.25) is 0 Å². The van der Waals surface area contributed by atoms with Crippen LogP contribution in [0.1, 0.15) is 49.2 Å². The molecular formula is C28H38N2O5Si. The van der Waals surface area contributed by atoms with E-state index < -0.39 is 14.4 Å². The maximum atomic E-state index is 12.6. The number of ketones is 1. The Labute approximate surface area is 215 Å². The first-order valence-electron chi connectivity index (χ1n) is 12.5. The number of aryl methyl sites for hydroxylation is 1. The van der Waals surface area contributed by atoms with Gasteiger partial charge in [0, 0.05) is 12.1 Å². The van der Waals surface area contributed by atoms with Crippen LogP contribution in [0.4, 0.5) is 0 Å². The van der Waals surface area contributed by atoms with Crippen LogP contribution in [0.2, 0.25) is 18.1 Å². The molecule has 1 fully saturated rings. The van der Waals surface area contributed by atoms with Gasteiger partial charge in [-0.05, 0) is 59.9 Å². The molecule has 8 heteroatoms. The zero-order chi connectivity index (χ0) is 26.5. The van der Waals surface area contributed by atoms with Crippen LogP contribution in [-0.4, -0.2) is 56.6 Å². The zero-order valence-corrected chi connectivity index (χ0v) is 23.2. The number of nitrogens with zero attached hydrogens (tertiary/aromatic N) is 1. The van der Waals surface area contributed by atoms with E-state index in [4.69, 9.17) is 9.16 Å². The minimum atomic E-state index is -2.11. The number of amides is 2. The zero-order valence-electron chi connectivity index (χ0n) is 22.2. The van der Waals surface area contributed by atoms with Crippen LogP contribution in [0.15, 0.2) is 48.5 Å². The van der Waals surface area contributed by atoms with Gasteiger partial charge in [-0.1, -0.05) is 52.0 Å². The summed E-state index contributed by atoms with van der Waals surface area (Å²) >= 11 is 0. The van der Waals surface area contributed by atoms with Crippen molar-refractivity contribution in [1.29, 1.82) is 0 Å². The number of ether oxygens (including phenoxy) is 1. The molecule has 1 saturated heterocycles. The molecule has 1 atom stereocenters. The number of nitrogens with one attached hydrogen (secondary N) is 1. The van der Waals surface area contributed by atoms with E-state index in [9.17, 15) is 14.4 Å². The van der Waals surface area contributed by atoms with Gasteiger partial charge in [0.1, 0.15) is 11.9 Å². The van der Waals surface area contributed by atoms with Gasteiger partial charge in [-0.15, -0.1) is 0 Å². The molecule has 0 radical (unpaired) electrons. The number of carbonyl (C=O) groups is 3. The highest BCUT2D eigenvalue weighted by Gasteiger charge is 2.43. The third kappa shape index (κ3) is 7.04. The summed E-state index contributed by atoms with van der Waals surface area (Å²) in [5.74, 6) is 0.128. The molecule has 1 aliphatic heterocycles. The first kappa shape index (κ1) is 27.6. The van der Waals surface area contributed by atoms with E-state index in [1.54, 1.807) is 12.1 Å². The van der Waals surface area contributed by atoms with Crippen molar-refractivity contribution in [2.75, 3.05) is 19.7 Å². The molecule has 0 saturated carbocycles. The van der Waals surface area contributed by atoms with Crippen molar-refractivity contribution in [3.63, 3.8) is 0 Å². The highest BCUT2D eigenvalue weighted by Crippen LogP contribution is 2.38. The van der Waals surface area contributed by atoms with Gasteiger partial charge < -0.3 is 19.4 Å². The Morgan fingerprint density at radius 3 is 2.22 bits per heavy atom. The lowest BCUT2D eigenvalue weighted by Gasteiger charge is -2.37. The number of Topliss-reactive ketones (excluding diaryl/α,β-unsaturated/α-hetero) is 1. The van der Waals surface area contributed by atoms with Crippen molar-refractivity contribution in [3.8, 4) is 5.75 Å². The largest absolute Gasteiger partial charge is 0.484 e. The van der Waals surface area contributed by atoms with Crippen molar-refractivity contribution in [2.24, 2.45) is 0 Å². The summed E-state index contributed by atoms with van der Waals surface area (Å²) in [6, 6.07) is 14.8. The Hall–Kier alpha value is -2.97. The fraction of sp³-hybridized carbons (Fsp3) is 0.464. The standard InChI is InChI=1S/C28H38N2O5Si/c1-7-20-8-12-22(13-9-20)27(33)29-16-21-10-14-23(15-11-21)34-19-26(32)30-17-24(31)25(18-30)35-36(5,6)28(2,3)4/h8-15,25H,7,16-19H2,1-6H3,(H,29,33)/t25-/m0/s1. The molecule has 2 amide bonds. The molecule has 36 heavy (non-hydrogen) atoms. The van der Waals surface area contributed by atoms with Gasteiger partial charge in [-0.2, -0.15) is 0 Å². The van der Waals surface area contributed by atoms with Crippen molar-refractivity contribution >= 4 is 25.9 Å². The Morgan fingerprint density at radius 1 is 1.03 bits per heavy atom. The topological polar surface area (TPSA) is 84.9 Å². The Bertz CT molecular complexity index is 1070. The van der Waals surface area contributed by atoms with Crippen molar-refractivity contribution < 1.29 is 23.5 Å². The molecular weight excluding hydrogens is 472 g/mol. The van der Waals surface area contributed by atoms with Crippen LogP contribution >= 0.6 is 0 Å². The number of hydrogen-bond acceptors (Lipinski definition) is 5. The van der Waals surface area contributed by atoms with E-state index in [0.717, 1.165) is 12.0 Å². The van der Waals surface area contributed by atoms with Crippen LogP contribution in [0.5, 0.6) is 5.75 Å². The van der Waals surface area contributed by atoms with Crippen LogP contribution in [-0.2, 0) is 27.0 Å². The van der Waals surface area contributed by atoms with Gasteiger partial charge in [0.15, 0.2) is 20.7 Å². The first-order valence-corrected chi connectivity index (χ1v) is 15.4. The monoisotopic (exact) mass is 510 g/mol. The van der Waals surface area contributed by atoms with Crippen LogP contribution < -0.4 is 10.1 Å². The summed E-state index contributed by atoms with van der Waals surface area (Å²) < 4.78 is 11.9. The molecule has 0 bridgehead atoms. The molecule has 0 unspecified atom stereocenters. The molecule has 2 aromatic rings. The first-order chi connectivity index (χ1) is 16.9. The number of carbonyl (C=O) groups excluding carboxylic acids is 3. The SMILES string of the molecule is CCc1ccc(C(=O)NCc2ccc(OCC(=O)N3CC(=O)[C@@H](O[Si](C)(C)C(C)(C)C)C3)cc2)cc1. The third-order valence-corrected chi connectivity index (χ3v) is 11.5. The number of rotatable bonds is 9. The summed E-state index contributed by atoms with van der Waals surface area (Å²) in [7, 11) is -2.11. The summed E-state index contributed by atoms with van der Waals surface area (Å²) in [4.78, 5) is 39.0. The van der Waals surface area contributed by atoms with E-state index in [-0.39, 0.29) is 42.3 Å². The summed E-state index contributed by atoms with van der Waals surface area (Å²) in [6.45, 7) is 13.2. The smallest absolute Gasteiger partial charge is 0.261 e. The van der Waals surface area contributed by atoms with Gasteiger partial charge in [0.05, 0.1) is 13.1 Å². The normalized spacial score (nSPS) is 16.2. The molecule has 1 heterocycles. The fourth-order valence-corrected chi connectivity index (χ4v) is 4.87. The molecule has 194 valence electrons. The molecule has 1 N–H and O–H groups in total. The molecule has 0 aliphatic carbocycles. The minimum Gasteiger partial charge on any atom is -0.484 e. The van der Waals surface area contributed by atoms with E-state index in [0.29, 0.717) is 17.9 Å². The number of hydrogen-bond donors (Lipinski definition) is 1. The van der Waals surface area contributed by atoms with E-state index in [1.807, 2.05) is 36.4 Å². The lowest BCUT2D eigenvalue weighted by Crippen LogP contribution is -2.46. The van der Waals surface area contributed by atoms with E-state index in [1.165, 1.54) is 10.5 Å². The minimum absolute atomic E-state index is 0.0109. The van der Waals surface area contributed by atoms with Gasteiger partial charge >= 0.3 is 0 Å². The van der Waals surface area contributed by atoms with Crippen LogP contribution in [0, 0.1) is 0 Å². The van der Waals surface area contributed by atoms with Crippen LogP contribution in [0.3, 0.4) is 0 Å². The average Bonchev–Trinajstić information content (AvgIpc) is 3.20. The maximum Gasteiger partial charge on any atom is 0.261 e. The maximum absolute atomic E-state index is 12.6. The highest BCUT2D eigenvalue weighted by atomic mass is 28.4. The Morgan fingerprint density at radius 2 is 1.64 bits per heavy atom. The molecule has 2 aromatic carbocycles. The number of benzene rings is 2. The molecule has 1 aliphatic rings. The van der Waals surface area contributed by atoms with Crippen molar-refractivity contribution in [1.82, 2.24) is 10.2 Å². The molecule has 3 rings (SSSR count). The van der Waals surface area contributed by atoms with Gasteiger partial charge in [0.25, 0.3) is 11.8 Å². The predicted octanol–water partition coefficient (Wildman–Crippen LogP) is 4.36. The Kier molecular flexibility index (Phi) is 8.74. The second kappa shape index (κ2) is 11.4. The number of likely N-dealkylation sites (tertiary alicyclic amines) is 1. The molecule has 7 nitrogen and oxygen atoms in total. The second-order valence-electron chi connectivity index (χ2n) is 10.8. The van der Waals surface area contributed by atoms with Crippen molar-refractivity contribution in [2.45, 2.75) is 64.9 Å². The van der Waals surface area contributed by atoms with Gasteiger partial charge in [-0.25, -0.2) is 0 Å². The van der Waals surface area contributed by atoms with E-state index in [2.05, 4.69) is 46.1 Å².